The lowest BCUT2D eigenvalue weighted by atomic mass is 9.91. The van der Waals surface area contributed by atoms with Crippen LogP contribution in [-0.2, 0) is 24.2 Å². The quantitative estimate of drug-likeness (QED) is 0.586. The molecule has 31 heavy (non-hydrogen) atoms. The van der Waals surface area contributed by atoms with Gasteiger partial charge in [-0.3, -0.25) is 9.59 Å². The summed E-state index contributed by atoms with van der Waals surface area (Å²) < 4.78 is 29.3. The minimum Gasteiger partial charge on any atom is -0.455 e. The van der Waals surface area contributed by atoms with Crippen LogP contribution in [0, 0.1) is 5.92 Å². The number of sulfone groups is 1. The fourth-order valence-electron chi connectivity index (χ4n) is 3.92. The van der Waals surface area contributed by atoms with E-state index in [1.165, 1.54) is 0 Å². The lowest BCUT2D eigenvalue weighted by Gasteiger charge is -2.30. The Morgan fingerprint density at radius 1 is 1.00 bits per heavy atom. The molecule has 3 rings (SSSR count). The van der Waals surface area contributed by atoms with Crippen molar-refractivity contribution in [1.29, 1.82) is 0 Å². The average Bonchev–Trinajstić information content (AvgIpc) is 3.11. The molecular weight excluding hydrogens is 414 g/mol. The van der Waals surface area contributed by atoms with Crippen LogP contribution in [0.3, 0.4) is 0 Å². The minimum atomic E-state index is -3.13. The number of carbonyl (C=O) groups is 2. The maximum absolute atomic E-state index is 13.0. The number of esters is 1. The number of carbonyl (C=O) groups excluding carboxylic acids is 2. The topological polar surface area (TPSA) is 80.8 Å². The highest BCUT2D eigenvalue weighted by molar-refractivity contribution is 7.91. The van der Waals surface area contributed by atoms with Gasteiger partial charge in [-0.1, -0.05) is 74.5 Å². The molecular formula is C24H29NO5S. The molecule has 6 nitrogen and oxygen atoms in total. The molecule has 166 valence electrons. The smallest absolute Gasteiger partial charge is 0.318 e. The van der Waals surface area contributed by atoms with Gasteiger partial charge in [-0.15, -0.1) is 0 Å². The third-order valence-electron chi connectivity index (χ3n) is 5.37. The molecule has 1 aliphatic rings. The second-order valence-corrected chi connectivity index (χ2v) is 10.6. The van der Waals surface area contributed by atoms with Crippen LogP contribution in [0.1, 0.15) is 37.3 Å². The van der Waals surface area contributed by atoms with E-state index in [0.29, 0.717) is 13.0 Å². The van der Waals surface area contributed by atoms with Crippen LogP contribution in [0.25, 0.3) is 0 Å². The van der Waals surface area contributed by atoms with Crippen molar-refractivity contribution < 1.29 is 22.7 Å². The number of hydrogen-bond donors (Lipinski definition) is 0. The van der Waals surface area contributed by atoms with Gasteiger partial charge in [0.15, 0.2) is 16.4 Å². The Morgan fingerprint density at radius 3 is 2.00 bits per heavy atom. The summed E-state index contributed by atoms with van der Waals surface area (Å²) in [6.45, 7) is 3.96. The summed E-state index contributed by atoms with van der Waals surface area (Å²) in [6, 6.07) is 18.2. The van der Waals surface area contributed by atoms with E-state index < -0.39 is 28.3 Å². The van der Waals surface area contributed by atoms with Crippen molar-refractivity contribution in [2.45, 2.75) is 32.2 Å². The summed E-state index contributed by atoms with van der Waals surface area (Å²) in [4.78, 5) is 27.5. The zero-order valence-corrected chi connectivity index (χ0v) is 18.8. The maximum Gasteiger partial charge on any atom is 0.318 e. The molecule has 2 aromatic rings. The van der Waals surface area contributed by atoms with Crippen LogP contribution in [0.5, 0.6) is 0 Å². The standard InChI is InChI=1S/C24H29NO5S/c1-18(2)15-25(21-13-14-31(28,29)17-21)22(26)16-30-24(27)23(19-9-5-3-6-10-19)20-11-7-4-8-12-20/h3-12,18,21,23H,13-17H2,1-2H3/t21-/m0/s1. The lowest BCUT2D eigenvalue weighted by molar-refractivity contribution is -0.153. The fraction of sp³-hybridized carbons (Fsp3) is 0.417. The molecule has 0 spiro atoms. The highest BCUT2D eigenvalue weighted by Crippen LogP contribution is 2.26. The first kappa shape index (κ1) is 23.0. The molecule has 2 aromatic carbocycles. The molecule has 1 aliphatic heterocycles. The number of amides is 1. The first-order valence-corrected chi connectivity index (χ1v) is 12.4. The summed E-state index contributed by atoms with van der Waals surface area (Å²) in [5, 5.41) is 0. The number of benzene rings is 2. The van der Waals surface area contributed by atoms with Crippen molar-refractivity contribution in [1.82, 2.24) is 4.90 Å². The number of rotatable bonds is 8. The van der Waals surface area contributed by atoms with Crippen molar-refractivity contribution in [3.63, 3.8) is 0 Å². The van der Waals surface area contributed by atoms with Crippen LogP contribution >= 0.6 is 0 Å². The predicted molar refractivity (Wildman–Crippen MR) is 119 cm³/mol. The van der Waals surface area contributed by atoms with E-state index in [4.69, 9.17) is 4.74 Å². The van der Waals surface area contributed by atoms with Gasteiger partial charge >= 0.3 is 5.97 Å². The van der Waals surface area contributed by atoms with Gasteiger partial charge in [0.2, 0.25) is 0 Å². The maximum atomic E-state index is 13.0. The Hall–Kier alpha value is -2.67. The molecule has 1 fully saturated rings. The monoisotopic (exact) mass is 443 g/mol. The molecule has 0 radical (unpaired) electrons. The third-order valence-corrected chi connectivity index (χ3v) is 7.12. The van der Waals surface area contributed by atoms with Gasteiger partial charge in [0.25, 0.3) is 5.91 Å². The lowest BCUT2D eigenvalue weighted by Crippen LogP contribution is -2.45. The number of nitrogens with zero attached hydrogens (tertiary/aromatic N) is 1. The molecule has 1 amide bonds. The van der Waals surface area contributed by atoms with Crippen molar-refractivity contribution in [3.05, 3.63) is 71.8 Å². The Kier molecular flexibility index (Phi) is 7.49. The molecule has 0 bridgehead atoms. The van der Waals surface area contributed by atoms with E-state index in [1.54, 1.807) is 4.90 Å². The number of hydrogen-bond acceptors (Lipinski definition) is 5. The summed E-state index contributed by atoms with van der Waals surface area (Å²) >= 11 is 0. The molecule has 0 unspecified atom stereocenters. The van der Waals surface area contributed by atoms with Gasteiger partial charge in [-0.2, -0.15) is 0 Å². The Morgan fingerprint density at radius 2 is 1.55 bits per heavy atom. The second kappa shape index (κ2) is 10.1. The first-order valence-electron chi connectivity index (χ1n) is 10.5. The van der Waals surface area contributed by atoms with Gasteiger partial charge in [0.05, 0.1) is 11.5 Å². The van der Waals surface area contributed by atoms with Crippen molar-refractivity contribution >= 4 is 21.7 Å². The van der Waals surface area contributed by atoms with Gasteiger partial charge in [0.1, 0.15) is 5.92 Å². The van der Waals surface area contributed by atoms with Crippen LogP contribution in [0.4, 0.5) is 0 Å². The van der Waals surface area contributed by atoms with Gasteiger partial charge in [0, 0.05) is 12.6 Å². The fourth-order valence-corrected chi connectivity index (χ4v) is 5.65. The zero-order valence-electron chi connectivity index (χ0n) is 17.9. The van der Waals surface area contributed by atoms with Crippen LogP contribution < -0.4 is 0 Å². The van der Waals surface area contributed by atoms with Gasteiger partial charge in [-0.05, 0) is 23.5 Å². The van der Waals surface area contributed by atoms with Crippen molar-refractivity contribution in [2.75, 3.05) is 24.7 Å². The van der Waals surface area contributed by atoms with E-state index in [0.717, 1.165) is 11.1 Å². The highest BCUT2D eigenvalue weighted by atomic mass is 32.2. The molecule has 7 heteroatoms. The normalized spacial score (nSPS) is 17.6. The van der Waals surface area contributed by atoms with Crippen LogP contribution in [0.2, 0.25) is 0 Å². The van der Waals surface area contributed by atoms with Gasteiger partial charge in [-0.25, -0.2) is 8.42 Å². The average molecular weight is 444 g/mol. The zero-order chi connectivity index (χ0) is 22.4. The van der Waals surface area contributed by atoms with E-state index in [2.05, 4.69) is 0 Å². The molecule has 1 saturated heterocycles. The van der Waals surface area contributed by atoms with Crippen LogP contribution in [0.15, 0.2) is 60.7 Å². The first-order chi connectivity index (χ1) is 14.8. The molecule has 0 aromatic heterocycles. The van der Waals surface area contributed by atoms with Gasteiger partial charge < -0.3 is 9.64 Å². The minimum absolute atomic E-state index is 0.0317. The Balaban J connectivity index is 1.73. The third kappa shape index (κ3) is 6.17. The molecule has 0 saturated carbocycles. The van der Waals surface area contributed by atoms with E-state index >= 15 is 0 Å². The van der Waals surface area contributed by atoms with E-state index in [-0.39, 0.29) is 29.4 Å². The highest BCUT2D eigenvalue weighted by Gasteiger charge is 2.35. The van der Waals surface area contributed by atoms with Crippen LogP contribution in [-0.4, -0.2) is 55.9 Å². The summed E-state index contributed by atoms with van der Waals surface area (Å²) in [6.07, 6.45) is 0.422. The summed E-state index contributed by atoms with van der Waals surface area (Å²) in [5.41, 5.74) is 1.57. The van der Waals surface area contributed by atoms with E-state index in [1.807, 2.05) is 74.5 Å². The predicted octanol–water partition coefficient (Wildman–Crippen LogP) is 3.03. The van der Waals surface area contributed by atoms with E-state index in [9.17, 15) is 18.0 Å². The largest absolute Gasteiger partial charge is 0.455 e. The summed E-state index contributed by atoms with van der Waals surface area (Å²) in [7, 11) is -3.13. The van der Waals surface area contributed by atoms with Crippen molar-refractivity contribution in [2.24, 2.45) is 5.92 Å². The Labute approximate surface area is 184 Å². The summed E-state index contributed by atoms with van der Waals surface area (Å²) in [5.74, 6) is -1.28. The second-order valence-electron chi connectivity index (χ2n) is 8.36. The SMILES string of the molecule is CC(C)CN(C(=O)COC(=O)C(c1ccccc1)c1ccccc1)[C@H]1CCS(=O)(=O)C1. The van der Waals surface area contributed by atoms with Crippen molar-refractivity contribution in [3.8, 4) is 0 Å². The molecule has 1 heterocycles. The molecule has 0 N–H and O–H groups in total. The Bertz CT molecular complexity index is 950. The number of ether oxygens (including phenoxy) is 1. The molecule has 1 atom stereocenters. The molecule has 0 aliphatic carbocycles.